The van der Waals surface area contributed by atoms with E-state index in [-0.39, 0.29) is 12.5 Å². The Hall–Kier alpha value is -2.21. The fourth-order valence-corrected chi connectivity index (χ4v) is 2.24. The van der Waals surface area contributed by atoms with E-state index in [4.69, 9.17) is 4.74 Å². The summed E-state index contributed by atoms with van der Waals surface area (Å²) >= 11 is 0. The van der Waals surface area contributed by atoms with Crippen LogP contribution in [0.2, 0.25) is 0 Å². The van der Waals surface area contributed by atoms with Crippen molar-refractivity contribution in [3.05, 3.63) is 30.1 Å². The fourth-order valence-electron chi connectivity index (χ4n) is 2.24. The Balaban J connectivity index is 2.42. The maximum Gasteiger partial charge on any atom is 0.241 e. The van der Waals surface area contributed by atoms with Crippen LogP contribution in [-0.2, 0) is 9.53 Å². The van der Waals surface area contributed by atoms with Crippen LogP contribution in [0.5, 0.6) is 0 Å². The third kappa shape index (κ3) is 3.51. The molecule has 1 amide bonds. The molecule has 118 valence electrons. The molecule has 0 saturated carbocycles. The maximum atomic E-state index is 12.1. The van der Waals surface area contributed by atoms with Gasteiger partial charge in [-0.3, -0.25) is 4.79 Å². The molecule has 0 spiro atoms. The molecule has 2 rings (SSSR count). The molecule has 0 aliphatic carbocycles. The second kappa shape index (κ2) is 7.17. The molecule has 6 heteroatoms. The average molecular weight is 302 g/mol. The third-order valence-electron chi connectivity index (χ3n) is 3.54. The zero-order valence-electron chi connectivity index (χ0n) is 13.5. The number of para-hydroxylation sites is 1. The number of hydrogen-bond acceptors (Lipinski definition) is 5. The number of nitrogens with zero attached hydrogens (tertiary/aromatic N) is 4. The molecule has 0 N–H and O–H groups in total. The maximum absolute atomic E-state index is 12.1. The van der Waals surface area contributed by atoms with Crippen molar-refractivity contribution in [1.29, 1.82) is 0 Å². The molecule has 0 bridgehead atoms. The van der Waals surface area contributed by atoms with Gasteiger partial charge in [-0.15, -0.1) is 0 Å². The number of rotatable bonds is 6. The summed E-state index contributed by atoms with van der Waals surface area (Å²) in [5.74, 6) is 0.788. The van der Waals surface area contributed by atoms with E-state index in [2.05, 4.69) is 9.97 Å². The van der Waals surface area contributed by atoms with Gasteiger partial charge < -0.3 is 14.5 Å². The van der Waals surface area contributed by atoms with Gasteiger partial charge in [0.1, 0.15) is 12.1 Å². The van der Waals surface area contributed by atoms with Gasteiger partial charge >= 0.3 is 0 Å². The van der Waals surface area contributed by atoms with Crippen LogP contribution >= 0.6 is 0 Å². The Morgan fingerprint density at radius 2 is 2.05 bits per heavy atom. The van der Waals surface area contributed by atoms with Gasteiger partial charge in [0.15, 0.2) is 0 Å². The number of methoxy groups -OCH3 is 1. The van der Waals surface area contributed by atoms with E-state index in [0.717, 1.165) is 22.3 Å². The van der Waals surface area contributed by atoms with E-state index in [1.165, 1.54) is 0 Å². The largest absolute Gasteiger partial charge is 0.383 e. The molecule has 0 saturated heterocycles. The summed E-state index contributed by atoms with van der Waals surface area (Å²) < 4.78 is 5.16. The molecule has 1 aromatic carbocycles. The number of hydrogen-bond donors (Lipinski definition) is 0. The first-order valence-corrected chi connectivity index (χ1v) is 7.19. The number of benzene rings is 1. The number of carbonyl (C=O) groups is 1. The summed E-state index contributed by atoms with van der Waals surface area (Å²) in [6.07, 6.45) is 1.55. The Bertz CT molecular complexity index is 658. The quantitative estimate of drug-likeness (QED) is 0.809. The van der Waals surface area contributed by atoms with Gasteiger partial charge in [0, 0.05) is 33.1 Å². The molecular weight excluding hydrogens is 280 g/mol. The van der Waals surface area contributed by atoms with Gasteiger partial charge in [-0.25, -0.2) is 9.97 Å². The van der Waals surface area contributed by atoms with Crippen molar-refractivity contribution >= 4 is 22.6 Å². The van der Waals surface area contributed by atoms with Crippen LogP contribution < -0.4 is 4.90 Å². The minimum atomic E-state index is 0.0236. The van der Waals surface area contributed by atoms with Crippen molar-refractivity contribution in [2.45, 2.75) is 6.92 Å². The summed E-state index contributed by atoms with van der Waals surface area (Å²) in [4.78, 5) is 24.4. The second-order valence-electron chi connectivity index (χ2n) is 5.37. The van der Waals surface area contributed by atoms with E-state index in [0.29, 0.717) is 13.2 Å². The van der Waals surface area contributed by atoms with E-state index in [1.54, 1.807) is 32.4 Å². The van der Waals surface area contributed by atoms with Crippen LogP contribution in [0.1, 0.15) is 5.56 Å². The lowest BCUT2D eigenvalue weighted by molar-refractivity contribution is -0.127. The molecule has 22 heavy (non-hydrogen) atoms. The number of likely N-dealkylation sites (N-methyl/N-ethyl adjacent to an activating group) is 1. The van der Waals surface area contributed by atoms with Gasteiger partial charge in [-0.2, -0.15) is 0 Å². The summed E-state index contributed by atoms with van der Waals surface area (Å²) in [7, 11) is 5.15. The Labute approximate surface area is 130 Å². The number of carbonyl (C=O) groups excluding carboxylic acids is 1. The smallest absolute Gasteiger partial charge is 0.241 e. The molecular formula is C16H22N4O2. The zero-order valence-corrected chi connectivity index (χ0v) is 13.5. The van der Waals surface area contributed by atoms with Crippen molar-refractivity contribution in [1.82, 2.24) is 14.9 Å². The normalized spacial score (nSPS) is 10.7. The van der Waals surface area contributed by atoms with Gasteiger partial charge in [0.2, 0.25) is 5.91 Å². The van der Waals surface area contributed by atoms with Crippen molar-refractivity contribution < 1.29 is 9.53 Å². The molecule has 0 aliphatic rings. The zero-order chi connectivity index (χ0) is 16.1. The number of fused-ring (bicyclic) bond motifs is 1. The molecule has 0 atom stereocenters. The minimum Gasteiger partial charge on any atom is -0.383 e. The first-order valence-electron chi connectivity index (χ1n) is 7.19. The van der Waals surface area contributed by atoms with E-state index in [9.17, 15) is 4.79 Å². The van der Waals surface area contributed by atoms with Gasteiger partial charge in [0.05, 0.1) is 18.7 Å². The topological polar surface area (TPSA) is 58.6 Å². The summed E-state index contributed by atoms with van der Waals surface area (Å²) in [5, 5.41) is 0.949. The Morgan fingerprint density at radius 3 is 2.73 bits per heavy atom. The molecule has 1 aromatic heterocycles. The highest BCUT2D eigenvalue weighted by Crippen LogP contribution is 2.24. The highest BCUT2D eigenvalue weighted by Gasteiger charge is 2.17. The van der Waals surface area contributed by atoms with Crippen LogP contribution in [0.15, 0.2) is 24.5 Å². The Kier molecular flexibility index (Phi) is 5.27. The van der Waals surface area contributed by atoms with Gasteiger partial charge in [0.25, 0.3) is 0 Å². The lowest BCUT2D eigenvalue weighted by Crippen LogP contribution is -2.39. The molecule has 0 fully saturated rings. The molecule has 0 aliphatic heterocycles. The predicted molar refractivity (Wildman–Crippen MR) is 87.1 cm³/mol. The van der Waals surface area contributed by atoms with Crippen molar-refractivity contribution in [3.63, 3.8) is 0 Å². The fraction of sp³-hybridized carbons (Fsp3) is 0.438. The summed E-state index contributed by atoms with van der Waals surface area (Å²) in [6, 6.07) is 5.98. The van der Waals surface area contributed by atoms with Crippen molar-refractivity contribution in [3.8, 4) is 0 Å². The molecule has 0 radical (unpaired) electrons. The van der Waals surface area contributed by atoms with Crippen LogP contribution in [0.3, 0.4) is 0 Å². The first-order chi connectivity index (χ1) is 10.5. The van der Waals surface area contributed by atoms with Crippen molar-refractivity contribution in [2.24, 2.45) is 0 Å². The monoisotopic (exact) mass is 302 g/mol. The van der Waals surface area contributed by atoms with Crippen LogP contribution in [0.25, 0.3) is 10.9 Å². The van der Waals surface area contributed by atoms with Crippen LogP contribution in [-0.4, -0.2) is 61.7 Å². The number of aromatic nitrogens is 2. The molecule has 1 heterocycles. The lowest BCUT2D eigenvalue weighted by Gasteiger charge is -2.25. The minimum absolute atomic E-state index is 0.0236. The number of anilines is 1. The first kappa shape index (κ1) is 16.2. The van der Waals surface area contributed by atoms with E-state index < -0.39 is 0 Å². The van der Waals surface area contributed by atoms with Crippen LogP contribution in [0.4, 0.5) is 5.82 Å². The van der Waals surface area contributed by atoms with Gasteiger partial charge in [-0.1, -0.05) is 12.1 Å². The Morgan fingerprint density at radius 1 is 1.27 bits per heavy atom. The summed E-state index contributed by atoms with van der Waals surface area (Å²) in [6.45, 7) is 3.40. The highest BCUT2D eigenvalue weighted by atomic mass is 16.5. The van der Waals surface area contributed by atoms with E-state index in [1.807, 2.05) is 30.0 Å². The second-order valence-corrected chi connectivity index (χ2v) is 5.37. The predicted octanol–water partition coefficient (Wildman–Crippen LogP) is 1.48. The lowest BCUT2D eigenvalue weighted by atomic mass is 10.1. The van der Waals surface area contributed by atoms with Gasteiger partial charge in [-0.05, 0) is 18.6 Å². The van der Waals surface area contributed by atoms with E-state index >= 15 is 0 Å². The number of aryl methyl sites for hydroxylation is 1. The SMILES string of the molecule is COCCN(CC(=O)N(C)C)c1ncnc2c(C)cccc12. The van der Waals surface area contributed by atoms with Crippen LogP contribution in [0, 0.1) is 6.92 Å². The number of ether oxygens (including phenoxy) is 1. The highest BCUT2D eigenvalue weighted by molar-refractivity contribution is 5.93. The standard InChI is InChI=1S/C16H22N4O2/c1-12-6-5-7-13-15(12)17-11-18-16(13)20(8-9-22-4)10-14(21)19(2)3/h5-7,11H,8-10H2,1-4H3. The molecule has 0 unspecified atom stereocenters. The summed E-state index contributed by atoms with van der Waals surface area (Å²) in [5.41, 5.74) is 2.00. The molecule has 6 nitrogen and oxygen atoms in total. The number of amides is 1. The third-order valence-corrected chi connectivity index (χ3v) is 3.54. The molecule has 2 aromatic rings. The average Bonchev–Trinajstić information content (AvgIpc) is 2.51. The van der Waals surface area contributed by atoms with Crippen molar-refractivity contribution in [2.75, 3.05) is 45.8 Å².